The van der Waals surface area contributed by atoms with Gasteiger partial charge in [0.2, 0.25) is 0 Å². The Morgan fingerprint density at radius 2 is 1.96 bits per heavy atom. The van der Waals surface area contributed by atoms with Crippen LogP contribution in [-0.2, 0) is 17.0 Å². The third-order valence-corrected chi connectivity index (χ3v) is 7.41. The minimum absolute atomic E-state index is 0.264. The predicted octanol–water partition coefficient (Wildman–Crippen LogP) is 4.38. The first kappa shape index (κ1) is 18.2. The molecule has 0 bridgehead atoms. The highest BCUT2D eigenvalue weighted by Gasteiger charge is 2.39. The zero-order valence-corrected chi connectivity index (χ0v) is 15.1. The lowest BCUT2D eigenvalue weighted by molar-refractivity contribution is -0.137. The topological polar surface area (TPSA) is 33.2 Å². The molecule has 1 fully saturated rings. The van der Waals surface area contributed by atoms with Crippen LogP contribution in [0.1, 0.15) is 32.3 Å². The van der Waals surface area contributed by atoms with Gasteiger partial charge in [-0.15, -0.1) is 0 Å². The van der Waals surface area contributed by atoms with Gasteiger partial charge in [-0.2, -0.15) is 13.2 Å². The van der Waals surface area contributed by atoms with Crippen molar-refractivity contribution in [1.29, 1.82) is 0 Å². The number of aromatic nitrogens is 1. The second-order valence-corrected chi connectivity index (χ2v) is 8.39. The molecule has 1 unspecified atom stereocenters. The SMILES string of the molecule is CCC1(CC)CN(c2ccnc3cc(C(F)(F)F)ccc23)CCS1=O. The largest absolute Gasteiger partial charge is 0.416 e. The summed E-state index contributed by atoms with van der Waals surface area (Å²) in [5.74, 6) is 0.576. The van der Waals surface area contributed by atoms with E-state index in [2.05, 4.69) is 9.88 Å². The van der Waals surface area contributed by atoms with Crippen molar-refractivity contribution in [3.8, 4) is 0 Å². The molecule has 1 aromatic heterocycles. The van der Waals surface area contributed by atoms with E-state index in [0.717, 1.165) is 30.7 Å². The molecule has 0 amide bonds. The van der Waals surface area contributed by atoms with E-state index in [4.69, 9.17) is 0 Å². The van der Waals surface area contributed by atoms with Crippen LogP contribution in [0.25, 0.3) is 10.9 Å². The van der Waals surface area contributed by atoms with Gasteiger partial charge in [0.25, 0.3) is 0 Å². The molecule has 1 aliphatic heterocycles. The number of rotatable bonds is 3. The van der Waals surface area contributed by atoms with Crippen molar-refractivity contribution in [2.75, 3.05) is 23.7 Å². The summed E-state index contributed by atoms with van der Waals surface area (Å²) in [6.07, 6.45) is -1.21. The summed E-state index contributed by atoms with van der Waals surface area (Å²) < 4.78 is 51.1. The number of benzene rings is 1. The van der Waals surface area contributed by atoms with Gasteiger partial charge in [0.05, 0.1) is 15.8 Å². The summed E-state index contributed by atoms with van der Waals surface area (Å²) in [6, 6.07) is 5.52. The molecular formula is C18H21F3N2OS. The van der Waals surface area contributed by atoms with E-state index in [1.165, 1.54) is 6.07 Å². The molecule has 0 N–H and O–H groups in total. The zero-order chi connectivity index (χ0) is 18.2. The highest BCUT2D eigenvalue weighted by atomic mass is 32.2. The summed E-state index contributed by atoms with van der Waals surface area (Å²) in [5.41, 5.74) is 0.500. The molecule has 136 valence electrons. The number of anilines is 1. The first-order valence-electron chi connectivity index (χ1n) is 8.40. The Labute approximate surface area is 147 Å². The molecule has 2 heterocycles. The highest BCUT2D eigenvalue weighted by Crippen LogP contribution is 2.36. The molecule has 3 rings (SSSR count). The zero-order valence-electron chi connectivity index (χ0n) is 14.3. The van der Waals surface area contributed by atoms with E-state index >= 15 is 0 Å². The van der Waals surface area contributed by atoms with E-state index in [9.17, 15) is 17.4 Å². The number of hydrogen-bond acceptors (Lipinski definition) is 3. The van der Waals surface area contributed by atoms with E-state index in [-0.39, 0.29) is 4.75 Å². The van der Waals surface area contributed by atoms with Gasteiger partial charge in [0.15, 0.2) is 0 Å². The molecular weight excluding hydrogens is 349 g/mol. The molecule has 0 aliphatic carbocycles. The van der Waals surface area contributed by atoms with E-state index in [0.29, 0.717) is 29.7 Å². The summed E-state index contributed by atoms with van der Waals surface area (Å²) in [7, 11) is -0.886. The third-order valence-electron chi connectivity index (χ3n) is 5.18. The molecule has 1 atom stereocenters. The van der Waals surface area contributed by atoms with Gasteiger partial charge in [-0.05, 0) is 31.0 Å². The van der Waals surface area contributed by atoms with Gasteiger partial charge in [-0.25, -0.2) is 0 Å². The second-order valence-electron chi connectivity index (χ2n) is 6.42. The lowest BCUT2D eigenvalue weighted by Crippen LogP contribution is -2.53. The normalized spacial score (nSPS) is 20.8. The fraction of sp³-hybridized carbons (Fsp3) is 0.500. The van der Waals surface area contributed by atoms with Crippen molar-refractivity contribution < 1.29 is 17.4 Å². The molecule has 7 heteroatoms. The maximum Gasteiger partial charge on any atom is 0.416 e. The first-order chi connectivity index (χ1) is 11.8. The molecule has 1 saturated heterocycles. The maximum atomic E-state index is 12.9. The number of fused-ring (bicyclic) bond motifs is 1. The first-order valence-corrected chi connectivity index (χ1v) is 9.72. The lowest BCUT2D eigenvalue weighted by atomic mass is 10.00. The third kappa shape index (κ3) is 3.26. The maximum absolute atomic E-state index is 12.9. The van der Waals surface area contributed by atoms with Crippen LogP contribution in [0.5, 0.6) is 0 Å². The fourth-order valence-corrected chi connectivity index (χ4v) is 5.26. The van der Waals surface area contributed by atoms with Crippen LogP contribution >= 0.6 is 0 Å². The smallest absolute Gasteiger partial charge is 0.369 e. The van der Waals surface area contributed by atoms with Gasteiger partial charge in [0.1, 0.15) is 0 Å². The minimum atomic E-state index is -4.38. The van der Waals surface area contributed by atoms with E-state index < -0.39 is 22.5 Å². The van der Waals surface area contributed by atoms with Crippen molar-refractivity contribution >= 4 is 27.4 Å². The van der Waals surface area contributed by atoms with Crippen molar-refractivity contribution in [2.45, 2.75) is 37.6 Å². The van der Waals surface area contributed by atoms with Crippen LogP contribution in [0.4, 0.5) is 18.9 Å². The van der Waals surface area contributed by atoms with Crippen LogP contribution in [0, 0.1) is 0 Å². The Morgan fingerprint density at radius 3 is 2.60 bits per heavy atom. The van der Waals surface area contributed by atoms with Gasteiger partial charge in [-0.3, -0.25) is 9.19 Å². The van der Waals surface area contributed by atoms with E-state index in [1.54, 1.807) is 6.20 Å². The molecule has 1 aliphatic rings. The molecule has 2 aromatic rings. The average Bonchev–Trinajstić information content (AvgIpc) is 2.61. The number of hydrogen-bond donors (Lipinski definition) is 0. The predicted molar refractivity (Wildman–Crippen MR) is 95.3 cm³/mol. The summed E-state index contributed by atoms with van der Waals surface area (Å²) >= 11 is 0. The fourth-order valence-electron chi connectivity index (χ4n) is 3.49. The van der Waals surface area contributed by atoms with Crippen molar-refractivity contribution in [2.24, 2.45) is 0 Å². The monoisotopic (exact) mass is 370 g/mol. The van der Waals surface area contributed by atoms with Gasteiger partial charge < -0.3 is 4.90 Å². The van der Waals surface area contributed by atoms with E-state index in [1.807, 2.05) is 19.9 Å². The van der Waals surface area contributed by atoms with Crippen LogP contribution in [-0.4, -0.2) is 32.8 Å². The van der Waals surface area contributed by atoms with Gasteiger partial charge in [0, 0.05) is 46.9 Å². The number of pyridine rings is 1. The molecule has 0 radical (unpaired) electrons. The van der Waals surface area contributed by atoms with Gasteiger partial charge >= 0.3 is 6.18 Å². The Balaban J connectivity index is 2.03. The van der Waals surface area contributed by atoms with Crippen LogP contribution in [0.15, 0.2) is 30.5 Å². The number of nitrogens with zero attached hydrogens (tertiary/aromatic N) is 2. The second kappa shape index (κ2) is 6.59. The molecule has 3 nitrogen and oxygen atoms in total. The Morgan fingerprint density at radius 1 is 1.24 bits per heavy atom. The Hall–Kier alpha value is -1.63. The molecule has 0 spiro atoms. The Kier molecular flexibility index (Phi) is 4.79. The van der Waals surface area contributed by atoms with Crippen molar-refractivity contribution in [3.63, 3.8) is 0 Å². The van der Waals surface area contributed by atoms with Crippen LogP contribution < -0.4 is 4.90 Å². The quantitative estimate of drug-likeness (QED) is 0.804. The van der Waals surface area contributed by atoms with Crippen molar-refractivity contribution in [1.82, 2.24) is 4.98 Å². The molecule has 0 saturated carbocycles. The highest BCUT2D eigenvalue weighted by molar-refractivity contribution is 7.86. The number of halogens is 3. The van der Waals surface area contributed by atoms with Crippen LogP contribution in [0.2, 0.25) is 0 Å². The van der Waals surface area contributed by atoms with Gasteiger partial charge in [-0.1, -0.05) is 19.9 Å². The standard InChI is InChI=1S/C18H21F3N2OS/c1-3-17(4-2)12-23(9-10-25(17)24)16-7-8-22-15-11-13(18(19,20)21)5-6-14(15)16/h5-8,11H,3-4,9-10,12H2,1-2H3. The summed E-state index contributed by atoms with van der Waals surface area (Å²) in [6.45, 7) is 5.37. The summed E-state index contributed by atoms with van der Waals surface area (Å²) in [5, 5.41) is 0.698. The average molecular weight is 370 g/mol. The van der Waals surface area contributed by atoms with Crippen LogP contribution in [0.3, 0.4) is 0 Å². The summed E-state index contributed by atoms with van der Waals surface area (Å²) in [4.78, 5) is 6.26. The number of alkyl halides is 3. The molecule has 1 aromatic carbocycles. The minimum Gasteiger partial charge on any atom is -0.369 e. The molecule has 25 heavy (non-hydrogen) atoms. The Bertz CT molecular complexity index is 802. The lowest BCUT2D eigenvalue weighted by Gasteiger charge is -2.42. The van der Waals surface area contributed by atoms with Crippen molar-refractivity contribution in [3.05, 3.63) is 36.0 Å².